The Balaban J connectivity index is 2.03. The maximum Gasteiger partial charge on any atom is 0.144 e. The highest BCUT2D eigenvalue weighted by molar-refractivity contribution is 9.10. The quantitative estimate of drug-likeness (QED) is 0.571. The van der Waals surface area contributed by atoms with Crippen molar-refractivity contribution in [2.75, 3.05) is 11.9 Å². The van der Waals surface area contributed by atoms with Crippen LogP contribution in [0, 0.1) is 0 Å². The zero-order valence-electron chi connectivity index (χ0n) is 11.1. The molecule has 1 aromatic heterocycles. The topological polar surface area (TPSA) is 37.8 Å². The molecule has 0 bridgehead atoms. The second-order valence-corrected chi connectivity index (χ2v) is 6.38. The van der Waals surface area contributed by atoms with Gasteiger partial charge in [0.15, 0.2) is 0 Å². The van der Waals surface area contributed by atoms with E-state index in [2.05, 4.69) is 38.1 Å². The van der Waals surface area contributed by atoms with Gasteiger partial charge in [-0.15, -0.1) is 11.8 Å². The fourth-order valence-corrected chi connectivity index (χ4v) is 3.21. The number of hydrogen-bond acceptors (Lipinski definition) is 4. The predicted molar refractivity (Wildman–Crippen MR) is 89.5 cm³/mol. The van der Waals surface area contributed by atoms with E-state index in [1.54, 1.807) is 18.1 Å². The van der Waals surface area contributed by atoms with Crippen LogP contribution in [0.5, 0.6) is 0 Å². The summed E-state index contributed by atoms with van der Waals surface area (Å²) in [5, 5.41) is 4.98. The molecule has 2 aromatic rings. The molecule has 0 spiro atoms. The van der Waals surface area contributed by atoms with Crippen molar-refractivity contribution in [2.45, 2.75) is 24.1 Å². The monoisotopic (exact) mass is 371 g/mol. The van der Waals surface area contributed by atoms with E-state index in [-0.39, 0.29) is 0 Å². The van der Waals surface area contributed by atoms with E-state index < -0.39 is 0 Å². The Hall–Kier alpha value is -0.780. The van der Waals surface area contributed by atoms with Crippen molar-refractivity contribution in [1.29, 1.82) is 0 Å². The first kappa shape index (κ1) is 15.6. The number of anilines is 1. The molecule has 2 rings (SSSR count). The van der Waals surface area contributed by atoms with E-state index in [0.29, 0.717) is 0 Å². The number of nitrogens with one attached hydrogen (secondary N) is 1. The van der Waals surface area contributed by atoms with Crippen LogP contribution in [-0.2, 0) is 5.75 Å². The lowest BCUT2D eigenvalue weighted by atomic mass is 10.2. The summed E-state index contributed by atoms with van der Waals surface area (Å²) < 4.78 is 0.924. The minimum Gasteiger partial charge on any atom is -0.369 e. The second-order valence-electron chi connectivity index (χ2n) is 4.18. The third kappa shape index (κ3) is 4.36. The van der Waals surface area contributed by atoms with Crippen molar-refractivity contribution in [3.63, 3.8) is 0 Å². The highest BCUT2D eigenvalue weighted by Crippen LogP contribution is 2.32. The maximum absolute atomic E-state index is 5.88. The van der Waals surface area contributed by atoms with Gasteiger partial charge in [0, 0.05) is 17.3 Å². The van der Waals surface area contributed by atoms with Crippen molar-refractivity contribution in [2.24, 2.45) is 0 Å². The van der Waals surface area contributed by atoms with Crippen LogP contribution in [0.15, 0.2) is 40.1 Å². The fourth-order valence-electron chi connectivity index (χ4n) is 1.55. The van der Waals surface area contributed by atoms with Crippen molar-refractivity contribution >= 4 is 45.1 Å². The Kier molecular flexibility index (Phi) is 6.13. The molecule has 0 radical (unpaired) electrons. The van der Waals surface area contributed by atoms with Gasteiger partial charge in [0.1, 0.15) is 17.2 Å². The van der Waals surface area contributed by atoms with Gasteiger partial charge in [-0.25, -0.2) is 9.97 Å². The van der Waals surface area contributed by atoms with Crippen molar-refractivity contribution < 1.29 is 0 Å². The third-order valence-corrected chi connectivity index (χ3v) is 4.91. The Labute approximate surface area is 136 Å². The molecule has 1 N–H and O–H groups in total. The minimum atomic E-state index is 0.757. The Morgan fingerprint density at radius 2 is 2.00 bits per heavy atom. The highest BCUT2D eigenvalue weighted by atomic mass is 79.9. The Bertz CT molecular complexity index is 563. The normalized spacial score (nSPS) is 10.6. The van der Waals surface area contributed by atoms with Crippen LogP contribution in [0.4, 0.5) is 5.82 Å². The number of thioether (sulfide) groups is 1. The van der Waals surface area contributed by atoms with Crippen molar-refractivity contribution in [1.82, 2.24) is 9.97 Å². The summed E-state index contributed by atoms with van der Waals surface area (Å²) in [7, 11) is 0. The second kappa shape index (κ2) is 7.86. The van der Waals surface area contributed by atoms with Gasteiger partial charge in [-0.3, -0.25) is 0 Å². The predicted octanol–water partition coefficient (Wildman–Crippen LogP) is 5.01. The van der Waals surface area contributed by atoms with Crippen LogP contribution in [0.1, 0.15) is 18.9 Å². The Morgan fingerprint density at radius 1 is 1.25 bits per heavy atom. The molecule has 0 unspecified atom stereocenters. The number of benzene rings is 1. The molecule has 1 heterocycles. The summed E-state index contributed by atoms with van der Waals surface area (Å²) in [5.41, 5.74) is 1.22. The van der Waals surface area contributed by atoms with E-state index in [1.807, 2.05) is 24.3 Å². The third-order valence-electron chi connectivity index (χ3n) is 2.59. The zero-order valence-corrected chi connectivity index (χ0v) is 14.2. The number of hydrogen-bond donors (Lipinski definition) is 1. The fraction of sp³-hybridized carbons (Fsp3) is 0.286. The summed E-state index contributed by atoms with van der Waals surface area (Å²) in [5.74, 6) is 1.69. The van der Waals surface area contributed by atoms with Crippen molar-refractivity contribution in [3.8, 4) is 0 Å². The van der Waals surface area contributed by atoms with Gasteiger partial charge >= 0.3 is 0 Å². The molecule has 0 saturated carbocycles. The SMILES string of the molecule is CCCNc1ncnc(SCc2ccc(Cl)cc2)c1Br. The molecule has 0 fully saturated rings. The van der Waals surface area contributed by atoms with Crippen LogP contribution in [-0.4, -0.2) is 16.5 Å². The van der Waals surface area contributed by atoms with Crippen LogP contribution < -0.4 is 5.32 Å². The van der Waals surface area contributed by atoms with Crippen LogP contribution in [0.3, 0.4) is 0 Å². The van der Waals surface area contributed by atoms with Gasteiger partial charge in [0.05, 0.1) is 4.47 Å². The molecule has 0 saturated heterocycles. The van der Waals surface area contributed by atoms with Gasteiger partial charge in [-0.1, -0.05) is 30.7 Å². The molecule has 6 heteroatoms. The van der Waals surface area contributed by atoms with Gasteiger partial charge < -0.3 is 5.32 Å². The molecule has 106 valence electrons. The maximum atomic E-state index is 5.88. The summed E-state index contributed by atoms with van der Waals surface area (Å²) in [6.45, 7) is 3.02. The van der Waals surface area contributed by atoms with E-state index in [9.17, 15) is 0 Å². The lowest BCUT2D eigenvalue weighted by molar-refractivity contribution is 0.946. The summed E-state index contributed by atoms with van der Waals surface area (Å²) in [6.07, 6.45) is 2.65. The zero-order chi connectivity index (χ0) is 14.4. The standard InChI is InChI=1S/C14H15BrClN3S/c1-2-7-17-13-12(15)14(19-9-18-13)20-8-10-3-5-11(16)6-4-10/h3-6,9H,2,7-8H2,1H3,(H,17,18,19). The van der Waals surface area contributed by atoms with Crippen LogP contribution in [0.2, 0.25) is 5.02 Å². The lowest BCUT2D eigenvalue weighted by Gasteiger charge is -2.09. The molecule has 1 aromatic carbocycles. The average molecular weight is 373 g/mol. The van der Waals surface area contributed by atoms with Gasteiger partial charge in [-0.2, -0.15) is 0 Å². The van der Waals surface area contributed by atoms with Gasteiger partial charge in [0.2, 0.25) is 0 Å². The molecule has 3 nitrogen and oxygen atoms in total. The van der Waals surface area contributed by atoms with E-state index in [1.165, 1.54) is 5.56 Å². The van der Waals surface area contributed by atoms with Crippen LogP contribution >= 0.6 is 39.3 Å². The first-order chi connectivity index (χ1) is 9.70. The largest absolute Gasteiger partial charge is 0.369 e. The number of halogens is 2. The number of nitrogens with zero attached hydrogens (tertiary/aromatic N) is 2. The molecule has 0 aliphatic rings. The Morgan fingerprint density at radius 3 is 2.70 bits per heavy atom. The minimum absolute atomic E-state index is 0.757. The number of aromatic nitrogens is 2. The highest BCUT2D eigenvalue weighted by Gasteiger charge is 2.09. The van der Waals surface area contributed by atoms with Gasteiger partial charge in [0.25, 0.3) is 0 Å². The van der Waals surface area contributed by atoms with Gasteiger partial charge in [-0.05, 0) is 40.0 Å². The summed E-state index contributed by atoms with van der Waals surface area (Å²) >= 11 is 11.1. The molecular weight excluding hydrogens is 358 g/mol. The van der Waals surface area contributed by atoms with Crippen molar-refractivity contribution in [3.05, 3.63) is 45.7 Å². The molecule has 20 heavy (non-hydrogen) atoms. The molecule has 0 aliphatic heterocycles. The van der Waals surface area contributed by atoms with Crippen LogP contribution in [0.25, 0.3) is 0 Å². The summed E-state index contributed by atoms with van der Waals surface area (Å²) in [6, 6.07) is 7.86. The number of rotatable bonds is 6. The molecule has 0 aliphatic carbocycles. The first-order valence-corrected chi connectivity index (χ1v) is 8.48. The van der Waals surface area contributed by atoms with E-state index in [0.717, 1.165) is 39.1 Å². The summed E-state index contributed by atoms with van der Waals surface area (Å²) in [4.78, 5) is 8.56. The molecular formula is C14H15BrClN3S. The molecule has 0 atom stereocenters. The molecule has 0 amide bonds. The first-order valence-electron chi connectivity index (χ1n) is 6.32. The van der Waals surface area contributed by atoms with E-state index >= 15 is 0 Å². The van der Waals surface area contributed by atoms with E-state index in [4.69, 9.17) is 11.6 Å². The smallest absolute Gasteiger partial charge is 0.144 e. The average Bonchev–Trinajstić information content (AvgIpc) is 2.47. The lowest BCUT2D eigenvalue weighted by Crippen LogP contribution is -2.03.